The molecular formula is C25H31NO5S. The molecule has 1 fully saturated rings. The van der Waals surface area contributed by atoms with Crippen molar-refractivity contribution in [1.82, 2.24) is 4.90 Å². The van der Waals surface area contributed by atoms with Crippen LogP contribution in [0.5, 0.6) is 11.5 Å². The maximum atomic E-state index is 11.3. The molecule has 6 nitrogen and oxygen atoms in total. The Bertz CT molecular complexity index is 1150. The van der Waals surface area contributed by atoms with Gasteiger partial charge in [-0.25, -0.2) is 0 Å². The van der Waals surface area contributed by atoms with E-state index in [-0.39, 0.29) is 6.61 Å². The molecule has 0 aliphatic carbocycles. The van der Waals surface area contributed by atoms with Crippen molar-refractivity contribution >= 4 is 27.0 Å². The van der Waals surface area contributed by atoms with Crippen LogP contribution in [0.3, 0.4) is 0 Å². The molecular weight excluding hydrogens is 426 g/mol. The lowest BCUT2D eigenvalue weighted by Gasteiger charge is -2.34. The summed E-state index contributed by atoms with van der Waals surface area (Å²) in [5.74, 6) is 1.44. The molecule has 2 aliphatic rings. The Hall–Kier alpha value is -2.53. The molecule has 172 valence electrons. The highest BCUT2D eigenvalue weighted by Gasteiger charge is 2.33. The molecule has 32 heavy (non-hydrogen) atoms. The fourth-order valence-corrected chi connectivity index (χ4v) is 5.20. The van der Waals surface area contributed by atoms with E-state index in [9.17, 15) is 8.42 Å². The van der Waals surface area contributed by atoms with Gasteiger partial charge in [0, 0.05) is 12.6 Å². The second kappa shape index (κ2) is 9.95. The molecule has 0 bridgehead atoms. The summed E-state index contributed by atoms with van der Waals surface area (Å²) in [6.45, 7) is 4.21. The van der Waals surface area contributed by atoms with Crippen LogP contribution in [0, 0.1) is 19.8 Å². The van der Waals surface area contributed by atoms with Gasteiger partial charge in [-0.3, -0.25) is 9.08 Å². The van der Waals surface area contributed by atoms with Crippen molar-refractivity contribution in [3.8, 4) is 24.3 Å². The standard InChI is InChI=1S/C23H29NO5S.C2H2/c1-15-17(8-6-10-29-30(4,25)26)19-11-16-7-5-9-24(16)14-21(19)20-13-23(28-3)22(27-2)12-18(15)20;1-2/h6,8,12-13,16H,5,7,9-11,14H2,1-4H3;1-2H/b8-6-;. The van der Waals surface area contributed by atoms with Crippen LogP contribution in [0.4, 0.5) is 0 Å². The minimum Gasteiger partial charge on any atom is -0.493 e. The fourth-order valence-electron chi connectivity index (χ4n) is 4.88. The van der Waals surface area contributed by atoms with E-state index in [1.807, 2.05) is 12.1 Å². The van der Waals surface area contributed by atoms with Crippen LogP contribution in [0.15, 0.2) is 18.2 Å². The third-order valence-corrected chi connectivity index (χ3v) is 6.87. The summed E-state index contributed by atoms with van der Waals surface area (Å²) in [5.41, 5.74) is 5.00. The molecule has 0 saturated carbocycles. The van der Waals surface area contributed by atoms with E-state index < -0.39 is 10.1 Å². The molecule has 0 aromatic heterocycles. The number of fused-ring (bicyclic) bond motifs is 4. The van der Waals surface area contributed by atoms with Crippen LogP contribution >= 0.6 is 0 Å². The predicted octanol–water partition coefficient (Wildman–Crippen LogP) is 3.92. The molecule has 0 radical (unpaired) electrons. The number of benzene rings is 2. The molecule has 1 unspecified atom stereocenters. The molecule has 0 amide bonds. The molecule has 0 N–H and O–H groups in total. The Labute approximate surface area is 191 Å². The van der Waals surface area contributed by atoms with Gasteiger partial charge in [-0.1, -0.05) is 12.2 Å². The summed E-state index contributed by atoms with van der Waals surface area (Å²) < 4.78 is 38.6. The zero-order valence-electron chi connectivity index (χ0n) is 19.2. The zero-order chi connectivity index (χ0) is 23.5. The first-order valence-corrected chi connectivity index (χ1v) is 12.4. The third kappa shape index (κ3) is 4.78. The van der Waals surface area contributed by atoms with Crippen LogP contribution in [-0.4, -0.2) is 53.0 Å². The number of rotatable bonds is 6. The van der Waals surface area contributed by atoms with Crippen molar-refractivity contribution < 1.29 is 22.1 Å². The maximum Gasteiger partial charge on any atom is 0.264 e. The highest BCUT2D eigenvalue weighted by Crippen LogP contribution is 2.42. The quantitative estimate of drug-likeness (QED) is 0.484. The first-order chi connectivity index (χ1) is 15.3. The van der Waals surface area contributed by atoms with Gasteiger partial charge in [0.25, 0.3) is 10.1 Å². The normalized spacial score (nSPS) is 18.1. The minimum absolute atomic E-state index is 0.0343. The van der Waals surface area contributed by atoms with Gasteiger partial charge >= 0.3 is 0 Å². The van der Waals surface area contributed by atoms with Crippen LogP contribution in [0.25, 0.3) is 16.8 Å². The van der Waals surface area contributed by atoms with Gasteiger partial charge < -0.3 is 9.47 Å². The number of aryl methyl sites for hydroxylation is 1. The third-order valence-electron chi connectivity index (χ3n) is 6.31. The number of ether oxygens (including phenoxy) is 2. The van der Waals surface area contributed by atoms with E-state index in [1.54, 1.807) is 20.3 Å². The Kier molecular flexibility index (Phi) is 7.50. The number of hydrogen-bond acceptors (Lipinski definition) is 6. The SMILES string of the molecule is C#C.COc1cc2c(C)c(/C=C\COS(C)(=O)=O)c3c(c2cc1OC)CN1CCCC1C3. The molecule has 2 aromatic rings. The van der Waals surface area contributed by atoms with Crippen molar-refractivity contribution in [3.05, 3.63) is 40.5 Å². The molecule has 1 atom stereocenters. The van der Waals surface area contributed by atoms with Crippen molar-refractivity contribution in [2.75, 3.05) is 33.6 Å². The van der Waals surface area contributed by atoms with Gasteiger partial charge in [-0.05, 0) is 77.9 Å². The minimum atomic E-state index is -3.46. The van der Waals surface area contributed by atoms with Gasteiger partial charge in [0.2, 0.25) is 0 Å². The van der Waals surface area contributed by atoms with Crippen molar-refractivity contribution in [1.29, 1.82) is 0 Å². The van der Waals surface area contributed by atoms with Crippen molar-refractivity contribution in [3.63, 3.8) is 0 Å². The molecule has 4 rings (SSSR count). The number of nitrogens with zero attached hydrogens (tertiary/aromatic N) is 1. The largest absolute Gasteiger partial charge is 0.493 e. The van der Waals surface area contributed by atoms with E-state index >= 15 is 0 Å². The monoisotopic (exact) mass is 457 g/mol. The predicted molar refractivity (Wildman–Crippen MR) is 129 cm³/mol. The zero-order valence-corrected chi connectivity index (χ0v) is 20.0. The van der Waals surface area contributed by atoms with E-state index in [0.717, 1.165) is 48.0 Å². The Balaban J connectivity index is 0.00000141. The summed E-state index contributed by atoms with van der Waals surface area (Å²) in [4.78, 5) is 2.58. The second-order valence-corrected chi connectivity index (χ2v) is 9.75. The Morgan fingerprint density at radius 1 is 1.12 bits per heavy atom. The first-order valence-electron chi connectivity index (χ1n) is 10.6. The number of hydrogen-bond donors (Lipinski definition) is 0. The summed E-state index contributed by atoms with van der Waals surface area (Å²) in [6, 6.07) is 4.72. The lowest BCUT2D eigenvalue weighted by atomic mass is 9.83. The smallest absolute Gasteiger partial charge is 0.264 e. The topological polar surface area (TPSA) is 65.1 Å². The fraction of sp³-hybridized carbons (Fsp3) is 0.440. The number of methoxy groups -OCH3 is 2. The van der Waals surface area contributed by atoms with Gasteiger partial charge in [0.1, 0.15) is 0 Å². The van der Waals surface area contributed by atoms with Gasteiger partial charge in [-0.15, -0.1) is 12.8 Å². The van der Waals surface area contributed by atoms with Crippen LogP contribution in [0.2, 0.25) is 0 Å². The highest BCUT2D eigenvalue weighted by atomic mass is 32.2. The Morgan fingerprint density at radius 3 is 2.41 bits per heavy atom. The average molecular weight is 458 g/mol. The molecule has 1 saturated heterocycles. The molecule has 2 aliphatic heterocycles. The number of terminal acetylenes is 1. The van der Waals surface area contributed by atoms with E-state index in [1.165, 1.54) is 29.4 Å². The summed E-state index contributed by atoms with van der Waals surface area (Å²) in [6.07, 6.45) is 16.3. The van der Waals surface area contributed by atoms with Crippen molar-refractivity contribution in [2.45, 2.75) is 38.8 Å². The molecule has 2 aromatic carbocycles. The average Bonchev–Trinajstić information content (AvgIpc) is 3.24. The first kappa shape index (κ1) is 24.1. The Morgan fingerprint density at radius 2 is 1.78 bits per heavy atom. The van der Waals surface area contributed by atoms with E-state index in [2.05, 4.69) is 30.7 Å². The van der Waals surface area contributed by atoms with Crippen molar-refractivity contribution in [2.24, 2.45) is 0 Å². The van der Waals surface area contributed by atoms with E-state index in [4.69, 9.17) is 13.7 Å². The van der Waals surface area contributed by atoms with Gasteiger partial charge in [0.05, 0.1) is 27.1 Å². The summed E-state index contributed by atoms with van der Waals surface area (Å²) >= 11 is 0. The van der Waals surface area contributed by atoms with Crippen LogP contribution in [0.1, 0.15) is 35.1 Å². The maximum absolute atomic E-state index is 11.3. The lowest BCUT2D eigenvalue weighted by Crippen LogP contribution is -2.36. The van der Waals surface area contributed by atoms with Crippen LogP contribution in [-0.2, 0) is 27.3 Å². The van der Waals surface area contributed by atoms with Crippen LogP contribution < -0.4 is 9.47 Å². The molecule has 7 heteroatoms. The second-order valence-electron chi connectivity index (χ2n) is 8.11. The lowest BCUT2D eigenvalue weighted by molar-refractivity contribution is 0.228. The van der Waals surface area contributed by atoms with Gasteiger partial charge in [0.15, 0.2) is 11.5 Å². The highest BCUT2D eigenvalue weighted by molar-refractivity contribution is 7.85. The summed E-state index contributed by atoms with van der Waals surface area (Å²) in [5, 5.41) is 2.34. The summed E-state index contributed by atoms with van der Waals surface area (Å²) in [7, 11) is -0.144. The molecule has 0 spiro atoms. The van der Waals surface area contributed by atoms with E-state index in [0.29, 0.717) is 11.8 Å². The molecule has 2 heterocycles. The van der Waals surface area contributed by atoms with Gasteiger partial charge in [-0.2, -0.15) is 8.42 Å².